The molecule has 1 aromatic carbocycles. The summed E-state index contributed by atoms with van der Waals surface area (Å²) in [7, 11) is 0. The van der Waals surface area contributed by atoms with Gasteiger partial charge in [0.2, 0.25) is 17.7 Å². The second-order valence-electron chi connectivity index (χ2n) is 10.2. The summed E-state index contributed by atoms with van der Waals surface area (Å²) in [6, 6.07) is 9.50. The lowest BCUT2D eigenvalue weighted by atomic mass is 9.91. The van der Waals surface area contributed by atoms with Gasteiger partial charge in [-0.25, -0.2) is 0 Å². The van der Waals surface area contributed by atoms with Crippen molar-refractivity contribution in [2.45, 2.75) is 59.0 Å². The van der Waals surface area contributed by atoms with E-state index < -0.39 is 6.04 Å². The molecule has 2 unspecified atom stereocenters. The van der Waals surface area contributed by atoms with Crippen molar-refractivity contribution in [1.82, 2.24) is 20.0 Å². The van der Waals surface area contributed by atoms with E-state index in [1.165, 1.54) is 12.5 Å². The highest BCUT2D eigenvalue weighted by atomic mass is 16.2. The first-order valence-electron chi connectivity index (χ1n) is 11.8. The number of amides is 3. The number of rotatable bonds is 6. The highest BCUT2D eigenvalue weighted by molar-refractivity contribution is 5.88. The van der Waals surface area contributed by atoms with Gasteiger partial charge in [0.1, 0.15) is 6.04 Å². The van der Waals surface area contributed by atoms with Crippen molar-refractivity contribution in [2.75, 3.05) is 39.3 Å². The smallest absolute Gasteiger partial charge is 0.245 e. The lowest BCUT2D eigenvalue weighted by molar-refractivity contribution is -0.143. The van der Waals surface area contributed by atoms with Crippen molar-refractivity contribution in [1.29, 1.82) is 0 Å². The molecule has 0 spiro atoms. The molecule has 2 aliphatic heterocycles. The zero-order chi connectivity index (χ0) is 23.3. The standard InChI is InChI=1S/C25H38N4O3/c1-19(30)29-18-21(16-22(29)24(32)27-14-11-26-12-15-27)28(23(31)17-25(2,3)4)13-10-20-8-6-5-7-9-20/h5-9,21-22,26H,10-18H2,1-4H3. The number of benzene rings is 1. The van der Waals surface area contributed by atoms with Crippen LogP contribution in [0.1, 0.15) is 46.1 Å². The molecule has 1 aromatic rings. The topological polar surface area (TPSA) is 73.0 Å². The van der Waals surface area contributed by atoms with Gasteiger partial charge in [0.25, 0.3) is 0 Å². The van der Waals surface area contributed by atoms with Crippen molar-refractivity contribution in [3.63, 3.8) is 0 Å². The molecule has 2 heterocycles. The van der Waals surface area contributed by atoms with E-state index >= 15 is 0 Å². The number of hydrogen-bond donors (Lipinski definition) is 1. The van der Waals surface area contributed by atoms with Gasteiger partial charge < -0.3 is 20.0 Å². The van der Waals surface area contributed by atoms with Gasteiger partial charge in [-0.1, -0.05) is 51.1 Å². The quantitative estimate of drug-likeness (QED) is 0.731. The molecule has 3 amide bonds. The Morgan fingerprint density at radius 1 is 1.09 bits per heavy atom. The first kappa shape index (κ1) is 24.2. The molecule has 2 aliphatic rings. The number of nitrogens with one attached hydrogen (secondary N) is 1. The lowest BCUT2D eigenvalue weighted by Gasteiger charge is -2.32. The van der Waals surface area contributed by atoms with E-state index in [1.807, 2.05) is 28.0 Å². The van der Waals surface area contributed by atoms with Gasteiger partial charge in [-0.2, -0.15) is 0 Å². The van der Waals surface area contributed by atoms with Crippen molar-refractivity contribution < 1.29 is 14.4 Å². The minimum absolute atomic E-state index is 0.00970. The van der Waals surface area contributed by atoms with E-state index in [9.17, 15) is 14.4 Å². The second-order valence-corrected chi connectivity index (χ2v) is 10.2. The van der Waals surface area contributed by atoms with Crippen molar-refractivity contribution in [3.8, 4) is 0 Å². The summed E-state index contributed by atoms with van der Waals surface area (Å²) in [5.41, 5.74) is 1.05. The van der Waals surface area contributed by atoms with Crippen LogP contribution in [0.3, 0.4) is 0 Å². The largest absolute Gasteiger partial charge is 0.338 e. The summed E-state index contributed by atoms with van der Waals surface area (Å²) < 4.78 is 0. The number of likely N-dealkylation sites (tertiary alicyclic amines) is 1. The SMILES string of the molecule is CC(=O)N1CC(N(CCc2ccccc2)C(=O)CC(C)(C)C)CC1C(=O)N1CCNCC1. The van der Waals surface area contributed by atoms with Crippen molar-refractivity contribution in [3.05, 3.63) is 35.9 Å². The Hall–Kier alpha value is -2.41. The Kier molecular flexibility index (Phi) is 7.93. The molecule has 0 radical (unpaired) electrons. The number of carbonyl (C=O) groups excluding carboxylic acids is 3. The fourth-order valence-electron chi connectivity index (χ4n) is 4.68. The average Bonchev–Trinajstić information content (AvgIpc) is 3.19. The summed E-state index contributed by atoms with van der Waals surface area (Å²) in [5.74, 6) is -0.0000476. The van der Waals surface area contributed by atoms with Crippen LogP contribution in [0.25, 0.3) is 0 Å². The molecule has 1 N–H and O–H groups in total. The van der Waals surface area contributed by atoms with E-state index in [1.54, 1.807) is 4.90 Å². The fraction of sp³-hybridized carbons (Fsp3) is 0.640. The third kappa shape index (κ3) is 6.31. The third-order valence-corrected chi connectivity index (χ3v) is 6.32. The molecule has 0 saturated carbocycles. The van der Waals surface area contributed by atoms with Crippen LogP contribution in [0, 0.1) is 5.41 Å². The van der Waals surface area contributed by atoms with Crippen molar-refractivity contribution in [2.24, 2.45) is 5.41 Å². The predicted octanol–water partition coefficient (Wildman–Crippen LogP) is 1.92. The maximum absolute atomic E-state index is 13.3. The summed E-state index contributed by atoms with van der Waals surface area (Å²) in [6.45, 7) is 11.6. The maximum atomic E-state index is 13.3. The Bertz CT molecular complexity index is 799. The first-order valence-corrected chi connectivity index (χ1v) is 11.8. The molecular formula is C25H38N4O3. The molecule has 2 atom stereocenters. The van der Waals surface area contributed by atoms with E-state index in [0.717, 1.165) is 19.5 Å². The molecule has 3 rings (SSSR count). The minimum Gasteiger partial charge on any atom is -0.338 e. The number of carbonyl (C=O) groups is 3. The highest BCUT2D eigenvalue weighted by Gasteiger charge is 2.43. The number of hydrogen-bond acceptors (Lipinski definition) is 4. The summed E-state index contributed by atoms with van der Waals surface area (Å²) in [5, 5.41) is 3.26. The fourth-order valence-corrected chi connectivity index (χ4v) is 4.68. The average molecular weight is 443 g/mol. The Balaban J connectivity index is 1.78. The lowest BCUT2D eigenvalue weighted by Crippen LogP contribution is -2.53. The second kappa shape index (κ2) is 10.5. The highest BCUT2D eigenvalue weighted by Crippen LogP contribution is 2.28. The molecule has 0 aromatic heterocycles. The van der Waals surface area contributed by atoms with E-state index in [4.69, 9.17) is 0 Å². The van der Waals surface area contributed by atoms with Gasteiger partial charge in [-0.05, 0) is 23.8 Å². The van der Waals surface area contributed by atoms with Crippen LogP contribution < -0.4 is 5.32 Å². The van der Waals surface area contributed by atoms with Gasteiger partial charge >= 0.3 is 0 Å². The van der Waals surface area contributed by atoms with Crippen LogP contribution in [0.15, 0.2) is 30.3 Å². The van der Waals surface area contributed by atoms with E-state index in [0.29, 0.717) is 39.0 Å². The van der Waals surface area contributed by atoms with Crippen LogP contribution in [0.4, 0.5) is 0 Å². The van der Waals surface area contributed by atoms with Crippen LogP contribution in [-0.2, 0) is 20.8 Å². The van der Waals surface area contributed by atoms with Crippen LogP contribution >= 0.6 is 0 Å². The number of nitrogens with zero attached hydrogens (tertiary/aromatic N) is 3. The third-order valence-electron chi connectivity index (χ3n) is 6.32. The molecule has 0 aliphatic carbocycles. The molecule has 2 fully saturated rings. The van der Waals surface area contributed by atoms with Crippen LogP contribution in [0.5, 0.6) is 0 Å². The Morgan fingerprint density at radius 3 is 2.34 bits per heavy atom. The van der Waals surface area contributed by atoms with Crippen LogP contribution in [0.2, 0.25) is 0 Å². The summed E-state index contributed by atoms with van der Waals surface area (Å²) in [4.78, 5) is 44.5. The van der Waals surface area contributed by atoms with Crippen molar-refractivity contribution >= 4 is 17.7 Å². The van der Waals surface area contributed by atoms with Gasteiger partial charge in [0.05, 0.1) is 6.04 Å². The Morgan fingerprint density at radius 2 is 1.75 bits per heavy atom. The molecular weight excluding hydrogens is 404 g/mol. The monoisotopic (exact) mass is 442 g/mol. The van der Waals surface area contributed by atoms with Gasteiger partial charge in [-0.3, -0.25) is 14.4 Å². The van der Waals surface area contributed by atoms with Crippen LogP contribution in [-0.4, -0.2) is 83.8 Å². The van der Waals surface area contributed by atoms with Gasteiger partial charge in [0.15, 0.2) is 0 Å². The Labute approximate surface area is 192 Å². The predicted molar refractivity (Wildman–Crippen MR) is 125 cm³/mol. The summed E-state index contributed by atoms with van der Waals surface area (Å²) >= 11 is 0. The molecule has 2 saturated heterocycles. The van der Waals surface area contributed by atoms with E-state index in [2.05, 4.69) is 38.2 Å². The summed E-state index contributed by atoms with van der Waals surface area (Å²) in [6.07, 6.45) is 1.70. The molecule has 7 nitrogen and oxygen atoms in total. The van der Waals surface area contributed by atoms with Gasteiger partial charge in [-0.15, -0.1) is 0 Å². The molecule has 7 heteroatoms. The minimum atomic E-state index is -0.489. The zero-order valence-electron chi connectivity index (χ0n) is 20.0. The maximum Gasteiger partial charge on any atom is 0.245 e. The van der Waals surface area contributed by atoms with Gasteiger partial charge in [0, 0.05) is 52.6 Å². The molecule has 32 heavy (non-hydrogen) atoms. The zero-order valence-corrected chi connectivity index (χ0v) is 20.0. The van der Waals surface area contributed by atoms with E-state index in [-0.39, 0.29) is 29.2 Å². The number of piperazine rings is 1. The molecule has 0 bridgehead atoms. The normalized spacial score (nSPS) is 21.5. The molecule has 176 valence electrons. The first-order chi connectivity index (χ1) is 15.2.